The minimum atomic E-state index is -3.02. The maximum absolute atomic E-state index is 11.5. The molecule has 70 valence electrons. The van der Waals surface area contributed by atoms with Gasteiger partial charge in [0, 0.05) is 20.0 Å². The lowest BCUT2D eigenvalue weighted by molar-refractivity contribution is -0.131. The number of nitrogens with one attached hydrogen (secondary N) is 2. The van der Waals surface area contributed by atoms with Crippen molar-refractivity contribution in [2.24, 2.45) is 0 Å². The Morgan fingerprint density at radius 2 is 2.00 bits per heavy atom. The molecule has 2 amide bonds. The molecule has 0 unspecified atom stereocenters. The van der Waals surface area contributed by atoms with Gasteiger partial charge in [-0.25, -0.2) is 0 Å². The Bertz CT molecular complexity index is 173. The van der Waals surface area contributed by atoms with Crippen LogP contribution in [0.4, 0.5) is 8.78 Å². The standard InChI is InChI=1S/C6H10F2N2O2/c1-9-4(11)2-3-10-6(12)5(7)8/h5H,2-3H2,1H3,(H,9,11)(H,10,12). The fraction of sp³-hybridized carbons (Fsp3) is 0.667. The predicted molar refractivity (Wildman–Crippen MR) is 37.7 cm³/mol. The highest BCUT2D eigenvalue weighted by Crippen LogP contribution is 1.90. The molecule has 0 radical (unpaired) electrons. The van der Waals surface area contributed by atoms with Crippen LogP contribution in [0.3, 0.4) is 0 Å². The molecule has 0 bridgehead atoms. The van der Waals surface area contributed by atoms with Gasteiger partial charge in [-0.1, -0.05) is 0 Å². The van der Waals surface area contributed by atoms with E-state index in [-0.39, 0.29) is 18.9 Å². The number of amides is 2. The molecule has 0 saturated carbocycles. The molecule has 0 aromatic carbocycles. The topological polar surface area (TPSA) is 58.2 Å². The van der Waals surface area contributed by atoms with E-state index in [0.29, 0.717) is 0 Å². The number of alkyl halides is 2. The molecule has 12 heavy (non-hydrogen) atoms. The molecular weight excluding hydrogens is 170 g/mol. The van der Waals surface area contributed by atoms with Crippen LogP contribution in [-0.2, 0) is 9.59 Å². The highest BCUT2D eigenvalue weighted by Gasteiger charge is 2.13. The largest absolute Gasteiger partial charge is 0.359 e. The molecule has 0 aliphatic heterocycles. The molecule has 2 N–H and O–H groups in total. The van der Waals surface area contributed by atoms with Crippen LogP contribution in [0.25, 0.3) is 0 Å². The second kappa shape index (κ2) is 5.45. The predicted octanol–water partition coefficient (Wildman–Crippen LogP) is -0.496. The third kappa shape index (κ3) is 4.59. The van der Waals surface area contributed by atoms with E-state index in [9.17, 15) is 18.4 Å². The van der Waals surface area contributed by atoms with Crippen LogP contribution in [0.5, 0.6) is 0 Å². The van der Waals surface area contributed by atoms with Crippen LogP contribution in [0, 0.1) is 0 Å². The van der Waals surface area contributed by atoms with Gasteiger partial charge < -0.3 is 10.6 Å². The van der Waals surface area contributed by atoms with Crippen molar-refractivity contribution >= 4 is 11.8 Å². The first-order valence-corrected chi connectivity index (χ1v) is 3.34. The molecule has 0 spiro atoms. The molecule has 0 fully saturated rings. The normalized spacial score (nSPS) is 9.67. The van der Waals surface area contributed by atoms with Gasteiger partial charge in [-0.2, -0.15) is 8.78 Å². The van der Waals surface area contributed by atoms with Gasteiger partial charge in [-0.15, -0.1) is 0 Å². The van der Waals surface area contributed by atoms with Gasteiger partial charge in [-0.05, 0) is 0 Å². The van der Waals surface area contributed by atoms with Crippen LogP contribution < -0.4 is 10.6 Å². The maximum Gasteiger partial charge on any atom is 0.315 e. The summed E-state index contributed by atoms with van der Waals surface area (Å²) in [4.78, 5) is 20.7. The third-order valence-corrected chi connectivity index (χ3v) is 1.13. The number of carbonyl (C=O) groups excluding carboxylic acids is 2. The Morgan fingerprint density at radius 3 is 2.42 bits per heavy atom. The molecule has 0 aliphatic rings. The second-order valence-electron chi connectivity index (χ2n) is 2.01. The first kappa shape index (κ1) is 10.8. The molecule has 0 aromatic rings. The van der Waals surface area contributed by atoms with Crippen molar-refractivity contribution in [2.45, 2.75) is 12.8 Å². The fourth-order valence-corrected chi connectivity index (χ4v) is 0.501. The summed E-state index contributed by atoms with van der Waals surface area (Å²) in [6, 6.07) is 0. The summed E-state index contributed by atoms with van der Waals surface area (Å²) in [5.74, 6) is -1.65. The number of halogens is 2. The zero-order chi connectivity index (χ0) is 9.56. The van der Waals surface area contributed by atoms with Gasteiger partial charge in [-0.3, -0.25) is 9.59 Å². The summed E-state index contributed by atoms with van der Waals surface area (Å²) in [6.45, 7) is -0.0666. The Balaban J connectivity index is 3.44. The number of hydrogen-bond acceptors (Lipinski definition) is 2. The van der Waals surface area contributed by atoms with Gasteiger partial charge in [0.1, 0.15) is 0 Å². The number of hydrogen-bond donors (Lipinski definition) is 2. The summed E-state index contributed by atoms with van der Waals surface area (Å²) < 4.78 is 23.0. The molecule has 0 heterocycles. The number of rotatable bonds is 4. The van der Waals surface area contributed by atoms with E-state index in [4.69, 9.17) is 0 Å². The highest BCUT2D eigenvalue weighted by atomic mass is 19.3. The van der Waals surface area contributed by atoms with Crippen molar-refractivity contribution < 1.29 is 18.4 Å². The van der Waals surface area contributed by atoms with Crippen LogP contribution in [0.15, 0.2) is 0 Å². The van der Waals surface area contributed by atoms with Crippen molar-refractivity contribution in [1.29, 1.82) is 0 Å². The molecule has 0 aliphatic carbocycles. The van der Waals surface area contributed by atoms with Gasteiger partial charge in [0.2, 0.25) is 5.91 Å². The fourth-order valence-electron chi connectivity index (χ4n) is 0.501. The Labute approximate surface area is 68.3 Å². The minimum absolute atomic E-state index is 0.00889. The van der Waals surface area contributed by atoms with E-state index in [1.54, 1.807) is 0 Å². The van der Waals surface area contributed by atoms with Gasteiger partial charge >= 0.3 is 6.43 Å². The summed E-state index contributed by atoms with van der Waals surface area (Å²) in [7, 11) is 1.43. The lowest BCUT2D eigenvalue weighted by Gasteiger charge is -2.02. The first-order valence-electron chi connectivity index (χ1n) is 3.34. The van der Waals surface area contributed by atoms with Crippen molar-refractivity contribution in [3.8, 4) is 0 Å². The first-order chi connectivity index (χ1) is 5.57. The average molecular weight is 180 g/mol. The van der Waals surface area contributed by atoms with Crippen LogP contribution in [0.2, 0.25) is 0 Å². The van der Waals surface area contributed by atoms with Crippen molar-refractivity contribution in [1.82, 2.24) is 10.6 Å². The SMILES string of the molecule is CNC(=O)CCNC(=O)C(F)F. The van der Waals surface area contributed by atoms with Gasteiger partial charge in [0.15, 0.2) is 0 Å². The summed E-state index contributed by atoms with van der Waals surface area (Å²) >= 11 is 0. The van der Waals surface area contributed by atoms with Crippen LogP contribution >= 0.6 is 0 Å². The molecule has 4 nitrogen and oxygen atoms in total. The Kier molecular flexibility index (Phi) is 4.91. The van der Waals surface area contributed by atoms with E-state index in [0.717, 1.165) is 0 Å². The zero-order valence-corrected chi connectivity index (χ0v) is 6.56. The Morgan fingerprint density at radius 1 is 1.42 bits per heavy atom. The van der Waals surface area contributed by atoms with E-state index in [2.05, 4.69) is 5.32 Å². The van der Waals surface area contributed by atoms with E-state index < -0.39 is 12.3 Å². The van der Waals surface area contributed by atoms with E-state index in [1.807, 2.05) is 5.32 Å². The zero-order valence-electron chi connectivity index (χ0n) is 6.56. The summed E-state index contributed by atoms with van der Waals surface area (Å²) in [5, 5.41) is 4.19. The summed E-state index contributed by atoms with van der Waals surface area (Å²) in [5.41, 5.74) is 0. The lowest BCUT2D eigenvalue weighted by atomic mass is 10.4. The Hall–Kier alpha value is -1.20. The van der Waals surface area contributed by atoms with Crippen LogP contribution in [0.1, 0.15) is 6.42 Å². The smallest absolute Gasteiger partial charge is 0.315 e. The molecule has 6 heteroatoms. The molecule has 0 atom stereocenters. The average Bonchev–Trinajstić information content (AvgIpc) is 2.03. The highest BCUT2D eigenvalue weighted by molar-refractivity contribution is 5.80. The lowest BCUT2D eigenvalue weighted by Crippen LogP contribution is -2.33. The van der Waals surface area contributed by atoms with Gasteiger partial charge in [0.25, 0.3) is 5.91 Å². The molecular formula is C6H10F2N2O2. The third-order valence-electron chi connectivity index (χ3n) is 1.13. The van der Waals surface area contributed by atoms with E-state index in [1.165, 1.54) is 7.05 Å². The maximum atomic E-state index is 11.5. The monoisotopic (exact) mass is 180 g/mol. The van der Waals surface area contributed by atoms with Crippen LogP contribution in [-0.4, -0.2) is 31.8 Å². The minimum Gasteiger partial charge on any atom is -0.359 e. The quantitative estimate of drug-likeness (QED) is 0.613. The van der Waals surface area contributed by atoms with Crippen molar-refractivity contribution in [3.63, 3.8) is 0 Å². The van der Waals surface area contributed by atoms with Crippen molar-refractivity contribution in [3.05, 3.63) is 0 Å². The summed E-state index contributed by atoms with van der Waals surface area (Å²) in [6.07, 6.45) is -3.01. The van der Waals surface area contributed by atoms with Crippen molar-refractivity contribution in [2.75, 3.05) is 13.6 Å². The number of carbonyl (C=O) groups is 2. The van der Waals surface area contributed by atoms with Gasteiger partial charge in [0.05, 0.1) is 0 Å². The molecule has 0 rings (SSSR count). The molecule has 0 saturated heterocycles. The second-order valence-corrected chi connectivity index (χ2v) is 2.01. The molecule has 0 aromatic heterocycles. The van der Waals surface area contributed by atoms with E-state index >= 15 is 0 Å².